The highest BCUT2D eigenvalue weighted by Gasteiger charge is 2.20. The van der Waals surface area contributed by atoms with Crippen molar-refractivity contribution in [2.45, 2.75) is 77.0 Å². The Morgan fingerprint density at radius 2 is 1.55 bits per heavy atom. The number of aliphatic hydroxyl groups excluding tert-OH is 1. The normalized spacial score (nSPS) is 20.9. The van der Waals surface area contributed by atoms with E-state index < -0.39 is 6.10 Å². The first kappa shape index (κ1) is 15.5. The van der Waals surface area contributed by atoms with Crippen LogP contribution in [0.2, 0.25) is 0 Å². The number of aliphatic hydroxyl groups is 1. The van der Waals surface area contributed by atoms with Crippen LogP contribution in [-0.4, -0.2) is 17.2 Å². The van der Waals surface area contributed by atoms with Gasteiger partial charge in [-0.1, -0.05) is 61.9 Å². The molecule has 2 N–H and O–H groups in total. The first-order chi connectivity index (χ1) is 9.66. The summed E-state index contributed by atoms with van der Waals surface area (Å²) in [6, 6.07) is 8.90. The second-order valence-electron chi connectivity index (χ2n) is 6.35. The van der Waals surface area contributed by atoms with Crippen LogP contribution in [0.25, 0.3) is 0 Å². The number of aryl methyl sites for hydroxylation is 1. The quantitative estimate of drug-likeness (QED) is 0.866. The minimum Gasteiger partial charge on any atom is -0.387 e. The lowest BCUT2D eigenvalue weighted by Crippen LogP contribution is -2.40. The van der Waals surface area contributed by atoms with Gasteiger partial charge in [0.15, 0.2) is 0 Å². The summed E-state index contributed by atoms with van der Waals surface area (Å²) in [6.45, 7) is 4.18. The van der Waals surface area contributed by atoms with Crippen LogP contribution in [0, 0.1) is 6.92 Å². The molecular weight excluding hydrogens is 246 g/mol. The van der Waals surface area contributed by atoms with Crippen LogP contribution in [0.4, 0.5) is 0 Å². The fourth-order valence-electron chi connectivity index (χ4n) is 3.14. The van der Waals surface area contributed by atoms with Gasteiger partial charge in [0.05, 0.1) is 6.10 Å². The van der Waals surface area contributed by atoms with E-state index in [0.29, 0.717) is 6.04 Å². The van der Waals surface area contributed by atoms with Crippen molar-refractivity contribution in [3.8, 4) is 0 Å². The van der Waals surface area contributed by atoms with Crippen LogP contribution < -0.4 is 5.32 Å². The topological polar surface area (TPSA) is 32.3 Å². The molecule has 1 aliphatic rings. The maximum Gasteiger partial charge on any atom is 0.0940 e. The van der Waals surface area contributed by atoms with Crippen LogP contribution in [0.5, 0.6) is 0 Å². The van der Waals surface area contributed by atoms with Gasteiger partial charge in [-0.2, -0.15) is 0 Å². The average Bonchev–Trinajstić information content (AvgIpc) is 2.41. The van der Waals surface area contributed by atoms with E-state index in [0.717, 1.165) is 5.56 Å². The third kappa shape index (κ3) is 4.60. The molecule has 1 aromatic carbocycles. The molecular formula is C18H29NO. The Hall–Kier alpha value is -0.860. The fourth-order valence-corrected chi connectivity index (χ4v) is 3.14. The summed E-state index contributed by atoms with van der Waals surface area (Å²) in [5, 5.41) is 14.1. The van der Waals surface area contributed by atoms with Gasteiger partial charge in [0.25, 0.3) is 0 Å². The molecule has 2 nitrogen and oxygen atoms in total. The van der Waals surface area contributed by atoms with Gasteiger partial charge in [0, 0.05) is 12.1 Å². The summed E-state index contributed by atoms with van der Waals surface area (Å²) in [4.78, 5) is 0. The molecule has 0 aromatic heterocycles. The van der Waals surface area contributed by atoms with Gasteiger partial charge in [0.2, 0.25) is 0 Å². The standard InChI is InChI=1S/C18H29NO/c1-14-10-12-16(13-11-14)18(20)15(2)19-17-8-6-4-3-5-7-9-17/h10-13,15,17-20H,3-9H2,1-2H3. The van der Waals surface area contributed by atoms with Crippen molar-refractivity contribution in [3.63, 3.8) is 0 Å². The Bertz CT molecular complexity index is 379. The van der Waals surface area contributed by atoms with Crippen LogP contribution >= 0.6 is 0 Å². The minimum absolute atomic E-state index is 0.113. The Morgan fingerprint density at radius 1 is 1.00 bits per heavy atom. The monoisotopic (exact) mass is 275 g/mol. The Morgan fingerprint density at radius 3 is 2.15 bits per heavy atom. The largest absolute Gasteiger partial charge is 0.387 e. The van der Waals surface area contributed by atoms with Gasteiger partial charge < -0.3 is 10.4 Å². The molecule has 2 atom stereocenters. The molecule has 20 heavy (non-hydrogen) atoms. The molecule has 112 valence electrons. The van der Waals surface area contributed by atoms with Gasteiger partial charge in [-0.25, -0.2) is 0 Å². The van der Waals surface area contributed by atoms with E-state index in [-0.39, 0.29) is 6.04 Å². The zero-order valence-electron chi connectivity index (χ0n) is 12.9. The third-order valence-electron chi connectivity index (χ3n) is 4.50. The van der Waals surface area contributed by atoms with E-state index in [1.165, 1.54) is 50.5 Å². The average molecular weight is 275 g/mol. The van der Waals surface area contributed by atoms with Crippen LogP contribution in [0.15, 0.2) is 24.3 Å². The van der Waals surface area contributed by atoms with Crippen molar-refractivity contribution in [1.82, 2.24) is 5.32 Å². The SMILES string of the molecule is Cc1ccc(C(O)C(C)NC2CCCCCCC2)cc1. The molecule has 0 radical (unpaired) electrons. The van der Waals surface area contributed by atoms with E-state index in [9.17, 15) is 5.11 Å². The first-order valence-electron chi connectivity index (χ1n) is 8.17. The van der Waals surface area contributed by atoms with Crippen LogP contribution in [0.3, 0.4) is 0 Å². The van der Waals surface area contributed by atoms with Crippen LogP contribution in [0.1, 0.15) is 69.1 Å². The second kappa shape index (κ2) is 7.80. The summed E-state index contributed by atoms with van der Waals surface area (Å²) in [6.07, 6.45) is 8.88. The maximum absolute atomic E-state index is 10.5. The Balaban J connectivity index is 1.89. The molecule has 1 aliphatic carbocycles. The van der Waals surface area contributed by atoms with Crippen molar-refractivity contribution in [2.24, 2.45) is 0 Å². The third-order valence-corrected chi connectivity index (χ3v) is 4.50. The highest BCUT2D eigenvalue weighted by molar-refractivity contribution is 5.23. The molecule has 0 saturated heterocycles. The van der Waals surface area contributed by atoms with Gasteiger partial charge in [-0.3, -0.25) is 0 Å². The van der Waals surface area contributed by atoms with Crippen molar-refractivity contribution in [1.29, 1.82) is 0 Å². The highest BCUT2D eigenvalue weighted by Crippen LogP contribution is 2.21. The lowest BCUT2D eigenvalue weighted by Gasteiger charge is -2.28. The number of nitrogens with one attached hydrogen (secondary N) is 1. The number of rotatable bonds is 4. The minimum atomic E-state index is -0.416. The smallest absolute Gasteiger partial charge is 0.0940 e. The van der Waals surface area contributed by atoms with Crippen LogP contribution in [-0.2, 0) is 0 Å². The van der Waals surface area contributed by atoms with E-state index in [1.807, 2.05) is 12.1 Å². The number of benzene rings is 1. The molecule has 0 heterocycles. The lowest BCUT2D eigenvalue weighted by molar-refractivity contribution is 0.126. The predicted octanol–water partition coefficient (Wildman–Crippen LogP) is 4.12. The van der Waals surface area contributed by atoms with Crippen molar-refractivity contribution in [2.75, 3.05) is 0 Å². The molecule has 2 unspecified atom stereocenters. The highest BCUT2D eigenvalue weighted by atomic mass is 16.3. The number of hydrogen-bond acceptors (Lipinski definition) is 2. The zero-order chi connectivity index (χ0) is 14.4. The summed E-state index contributed by atoms with van der Waals surface area (Å²) in [5.74, 6) is 0. The molecule has 1 fully saturated rings. The zero-order valence-corrected chi connectivity index (χ0v) is 12.9. The van der Waals surface area contributed by atoms with Gasteiger partial charge in [0.1, 0.15) is 0 Å². The Labute approximate surface area is 123 Å². The van der Waals surface area contributed by atoms with Gasteiger partial charge in [-0.15, -0.1) is 0 Å². The lowest BCUT2D eigenvalue weighted by atomic mass is 9.95. The fraction of sp³-hybridized carbons (Fsp3) is 0.667. The van der Waals surface area contributed by atoms with Gasteiger partial charge >= 0.3 is 0 Å². The first-order valence-corrected chi connectivity index (χ1v) is 8.17. The Kier molecular flexibility index (Phi) is 6.06. The summed E-state index contributed by atoms with van der Waals surface area (Å²) < 4.78 is 0. The van der Waals surface area contributed by atoms with Crippen molar-refractivity contribution >= 4 is 0 Å². The van der Waals surface area contributed by atoms with E-state index in [2.05, 4.69) is 31.3 Å². The predicted molar refractivity (Wildman–Crippen MR) is 84.8 cm³/mol. The molecule has 0 spiro atoms. The summed E-state index contributed by atoms with van der Waals surface area (Å²) in [5.41, 5.74) is 2.25. The summed E-state index contributed by atoms with van der Waals surface area (Å²) in [7, 11) is 0. The van der Waals surface area contributed by atoms with E-state index >= 15 is 0 Å². The van der Waals surface area contributed by atoms with Gasteiger partial charge in [-0.05, 0) is 32.3 Å². The van der Waals surface area contributed by atoms with E-state index in [4.69, 9.17) is 0 Å². The molecule has 0 amide bonds. The second-order valence-corrected chi connectivity index (χ2v) is 6.35. The molecule has 0 bridgehead atoms. The number of hydrogen-bond donors (Lipinski definition) is 2. The molecule has 1 aromatic rings. The molecule has 2 rings (SSSR count). The molecule has 0 aliphatic heterocycles. The molecule has 2 heteroatoms. The van der Waals surface area contributed by atoms with E-state index in [1.54, 1.807) is 0 Å². The molecule has 1 saturated carbocycles. The summed E-state index contributed by atoms with van der Waals surface area (Å²) >= 11 is 0. The van der Waals surface area contributed by atoms with Crippen molar-refractivity contribution < 1.29 is 5.11 Å². The van der Waals surface area contributed by atoms with Crippen molar-refractivity contribution in [3.05, 3.63) is 35.4 Å². The maximum atomic E-state index is 10.5.